The van der Waals surface area contributed by atoms with Crippen molar-refractivity contribution in [3.8, 4) is 0 Å². The Kier molecular flexibility index (Phi) is 4.37. The average Bonchev–Trinajstić information content (AvgIpc) is 2.98. The van der Waals surface area contributed by atoms with E-state index in [-0.39, 0.29) is 11.6 Å². The first-order valence-corrected chi connectivity index (χ1v) is 8.57. The van der Waals surface area contributed by atoms with Crippen molar-refractivity contribution in [1.82, 2.24) is 4.90 Å². The molecule has 0 radical (unpaired) electrons. The van der Waals surface area contributed by atoms with Crippen molar-refractivity contribution >= 4 is 0 Å². The van der Waals surface area contributed by atoms with Crippen LogP contribution in [0.25, 0.3) is 0 Å². The van der Waals surface area contributed by atoms with Gasteiger partial charge < -0.3 is 10.0 Å². The first-order valence-electron chi connectivity index (χ1n) is 8.57. The van der Waals surface area contributed by atoms with E-state index in [1.807, 2.05) is 0 Å². The van der Waals surface area contributed by atoms with E-state index in [2.05, 4.69) is 43.3 Å². The Balaban J connectivity index is 1.78. The van der Waals surface area contributed by atoms with Gasteiger partial charge in [-0.05, 0) is 69.7 Å². The standard InChI is InChI=1S/C19H29NO/c1-20(2)19(12-5-6-13-19)18(21)14-16-10-7-9-15-8-3-4-11-17(15)16/h3-4,8,11,16,18,21H,5-7,9-10,12-14H2,1-2H3. The fourth-order valence-electron chi connectivity index (χ4n) is 4.65. The lowest BCUT2D eigenvalue weighted by Gasteiger charge is -2.42. The van der Waals surface area contributed by atoms with Crippen LogP contribution in [0.5, 0.6) is 0 Å². The van der Waals surface area contributed by atoms with Gasteiger partial charge in [-0.15, -0.1) is 0 Å². The molecule has 1 saturated carbocycles. The molecule has 2 heteroatoms. The third-order valence-corrected chi connectivity index (χ3v) is 5.98. The largest absolute Gasteiger partial charge is 0.391 e. The zero-order valence-corrected chi connectivity index (χ0v) is 13.5. The molecule has 1 fully saturated rings. The van der Waals surface area contributed by atoms with Gasteiger partial charge in [0.2, 0.25) is 0 Å². The smallest absolute Gasteiger partial charge is 0.0729 e. The van der Waals surface area contributed by atoms with Gasteiger partial charge >= 0.3 is 0 Å². The summed E-state index contributed by atoms with van der Waals surface area (Å²) in [7, 11) is 4.28. The van der Waals surface area contributed by atoms with Gasteiger partial charge in [-0.3, -0.25) is 0 Å². The van der Waals surface area contributed by atoms with E-state index in [0.29, 0.717) is 5.92 Å². The van der Waals surface area contributed by atoms with Crippen molar-refractivity contribution < 1.29 is 5.11 Å². The number of likely N-dealkylation sites (N-methyl/N-ethyl adjacent to an activating group) is 1. The zero-order chi connectivity index (χ0) is 14.9. The van der Waals surface area contributed by atoms with Crippen molar-refractivity contribution in [1.29, 1.82) is 0 Å². The predicted octanol–water partition coefficient (Wildman–Crippen LogP) is 3.73. The minimum Gasteiger partial charge on any atom is -0.391 e. The molecule has 1 N–H and O–H groups in total. The highest BCUT2D eigenvalue weighted by Crippen LogP contribution is 2.42. The van der Waals surface area contributed by atoms with Crippen LogP contribution in [-0.2, 0) is 6.42 Å². The van der Waals surface area contributed by atoms with Crippen molar-refractivity contribution in [2.24, 2.45) is 0 Å². The molecular formula is C19H29NO. The molecule has 0 aromatic heterocycles. The summed E-state index contributed by atoms with van der Waals surface area (Å²) in [4.78, 5) is 2.29. The monoisotopic (exact) mass is 287 g/mol. The van der Waals surface area contributed by atoms with Gasteiger partial charge in [0, 0.05) is 5.54 Å². The number of fused-ring (bicyclic) bond motifs is 1. The SMILES string of the molecule is CN(C)C1(C(O)CC2CCCc3ccccc32)CCCC1. The summed E-state index contributed by atoms with van der Waals surface area (Å²) in [6, 6.07) is 8.85. The second kappa shape index (κ2) is 6.10. The topological polar surface area (TPSA) is 23.5 Å². The van der Waals surface area contributed by atoms with E-state index in [4.69, 9.17) is 0 Å². The van der Waals surface area contributed by atoms with Crippen molar-refractivity contribution in [2.75, 3.05) is 14.1 Å². The van der Waals surface area contributed by atoms with Crippen LogP contribution in [0.1, 0.15) is 62.0 Å². The molecule has 2 aliphatic carbocycles. The lowest BCUT2D eigenvalue weighted by atomic mass is 9.76. The normalized spacial score (nSPS) is 25.8. The Morgan fingerprint density at radius 3 is 2.62 bits per heavy atom. The van der Waals surface area contributed by atoms with E-state index < -0.39 is 0 Å². The number of hydrogen-bond donors (Lipinski definition) is 1. The lowest BCUT2D eigenvalue weighted by Crippen LogP contribution is -2.52. The van der Waals surface area contributed by atoms with Crippen LogP contribution in [0.3, 0.4) is 0 Å². The maximum absolute atomic E-state index is 11.0. The molecule has 2 nitrogen and oxygen atoms in total. The fourth-order valence-corrected chi connectivity index (χ4v) is 4.65. The minimum absolute atomic E-state index is 0.0202. The number of aliphatic hydroxyl groups is 1. The molecule has 0 amide bonds. The number of rotatable bonds is 4. The molecule has 1 aromatic rings. The van der Waals surface area contributed by atoms with Crippen LogP contribution in [0.2, 0.25) is 0 Å². The van der Waals surface area contributed by atoms with Crippen molar-refractivity contribution in [3.05, 3.63) is 35.4 Å². The molecular weight excluding hydrogens is 258 g/mol. The molecule has 2 aliphatic rings. The average molecular weight is 287 g/mol. The van der Waals surface area contributed by atoms with Gasteiger partial charge in [-0.25, -0.2) is 0 Å². The minimum atomic E-state index is -0.203. The van der Waals surface area contributed by atoms with Crippen molar-refractivity contribution in [2.45, 2.75) is 68.9 Å². The van der Waals surface area contributed by atoms with E-state index in [9.17, 15) is 5.11 Å². The summed E-state index contributed by atoms with van der Waals surface area (Å²) >= 11 is 0. The molecule has 21 heavy (non-hydrogen) atoms. The van der Waals surface area contributed by atoms with Crippen molar-refractivity contribution in [3.63, 3.8) is 0 Å². The van der Waals surface area contributed by atoms with Crippen LogP contribution in [0.15, 0.2) is 24.3 Å². The summed E-state index contributed by atoms with van der Waals surface area (Å²) < 4.78 is 0. The maximum atomic E-state index is 11.0. The maximum Gasteiger partial charge on any atom is 0.0729 e. The van der Waals surface area contributed by atoms with Crippen LogP contribution in [-0.4, -0.2) is 35.7 Å². The Morgan fingerprint density at radius 1 is 1.19 bits per heavy atom. The van der Waals surface area contributed by atoms with Crippen LogP contribution >= 0.6 is 0 Å². The van der Waals surface area contributed by atoms with E-state index in [0.717, 1.165) is 19.3 Å². The fraction of sp³-hybridized carbons (Fsp3) is 0.684. The Hall–Kier alpha value is -0.860. The molecule has 2 atom stereocenters. The molecule has 2 unspecified atom stereocenters. The Bertz CT molecular complexity index is 476. The Labute approximate surface area is 129 Å². The summed E-state index contributed by atoms with van der Waals surface area (Å²) in [6.45, 7) is 0. The number of nitrogens with zero attached hydrogens (tertiary/aromatic N) is 1. The second-order valence-electron chi connectivity index (χ2n) is 7.24. The highest BCUT2D eigenvalue weighted by Gasteiger charge is 2.43. The quantitative estimate of drug-likeness (QED) is 0.912. The predicted molar refractivity (Wildman–Crippen MR) is 87.6 cm³/mol. The van der Waals surface area contributed by atoms with E-state index >= 15 is 0 Å². The van der Waals surface area contributed by atoms with E-state index in [1.54, 1.807) is 0 Å². The molecule has 0 bridgehead atoms. The first-order chi connectivity index (χ1) is 10.1. The number of benzene rings is 1. The highest BCUT2D eigenvalue weighted by molar-refractivity contribution is 5.32. The van der Waals surface area contributed by atoms with E-state index in [1.165, 1.54) is 43.2 Å². The summed E-state index contributed by atoms with van der Waals surface area (Å²) in [5.74, 6) is 0.544. The zero-order valence-electron chi connectivity index (χ0n) is 13.5. The molecule has 116 valence electrons. The van der Waals surface area contributed by atoms with Gasteiger partial charge in [0.15, 0.2) is 0 Å². The first kappa shape index (κ1) is 15.1. The van der Waals surface area contributed by atoms with Crippen LogP contribution < -0.4 is 0 Å². The van der Waals surface area contributed by atoms with Gasteiger partial charge in [-0.2, -0.15) is 0 Å². The summed E-state index contributed by atoms with van der Waals surface area (Å²) in [6.07, 6.45) is 9.25. The number of hydrogen-bond acceptors (Lipinski definition) is 2. The van der Waals surface area contributed by atoms with Gasteiger partial charge in [0.1, 0.15) is 0 Å². The molecule has 0 saturated heterocycles. The summed E-state index contributed by atoms with van der Waals surface area (Å²) in [5.41, 5.74) is 3.02. The van der Waals surface area contributed by atoms with Gasteiger partial charge in [0.05, 0.1) is 6.10 Å². The van der Waals surface area contributed by atoms with Gasteiger partial charge in [-0.1, -0.05) is 37.1 Å². The van der Waals surface area contributed by atoms with Crippen LogP contribution in [0.4, 0.5) is 0 Å². The third-order valence-electron chi connectivity index (χ3n) is 5.98. The third kappa shape index (κ3) is 2.76. The lowest BCUT2D eigenvalue weighted by molar-refractivity contribution is -0.0126. The molecule has 1 aromatic carbocycles. The molecule has 3 rings (SSSR count). The number of aryl methyl sites for hydroxylation is 1. The van der Waals surface area contributed by atoms with Crippen LogP contribution in [0, 0.1) is 0 Å². The molecule has 0 heterocycles. The summed E-state index contributed by atoms with van der Waals surface area (Å²) in [5, 5.41) is 11.0. The molecule has 0 spiro atoms. The second-order valence-corrected chi connectivity index (χ2v) is 7.24. The highest BCUT2D eigenvalue weighted by atomic mass is 16.3. The Morgan fingerprint density at radius 2 is 1.90 bits per heavy atom. The molecule has 0 aliphatic heterocycles. The van der Waals surface area contributed by atoms with Gasteiger partial charge in [0.25, 0.3) is 0 Å². The number of aliphatic hydroxyl groups excluding tert-OH is 1.